The minimum absolute atomic E-state index is 0.0732. The maximum Gasteiger partial charge on any atom is 0.237 e. The predicted octanol–water partition coefficient (Wildman–Crippen LogP) is 1.73. The predicted molar refractivity (Wildman–Crippen MR) is 99.3 cm³/mol. The van der Waals surface area contributed by atoms with Crippen LogP contribution in [0.3, 0.4) is 0 Å². The van der Waals surface area contributed by atoms with Crippen LogP contribution in [0.5, 0.6) is 0 Å². The number of carbonyl (C=O) groups is 1. The van der Waals surface area contributed by atoms with Crippen molar-refractivity contribution in [3.05, 3.63) is 70.5 Å². The summed E-state index contributed by atoms with van der Waals surface area (Å²) in [4.78, 5) is 12.6. The molecule has 4 rings (SSSR count). The Morgan fingerprint density at radius 2 is 1.90 bits per heavy atom. The number of aromatic nitrogens is 8. The zero-order valence-corrected chi connectivity index (χ0v) is 15.8. The minimum Gasteiger partial charge on any atom is -0.388 e. The van der Waals surface area contributed by atoms with Gasteiger partial charge in [-0.3, -0.25) is 4.79 Å². The summed E-state index contributed by atoms with van der Waals surface area (Å²) in [7, 11) is 0. The summed E-state index contributed by atoms with van der Waals surface area (Å²) in [6.45, 7) is 1.60. The maximum atomic E-state index is 13.4. The summed E-state index contributed by atoms with van der Waals surface area (Å²) in [6.07, 6.45) is 0.456. The molecule has 0 saturated carbocycles. The Bertz CT molecular complexity index is 1130. The number of aldehydes is 1. The zero-order valence-electron chi connectivity index (χ0n) is 15.0. The van der Waals surface area contributed by atoms with Crippen LogP contribution in [0.25, 0.3) is 11.4 Å². The Kier molecular flexibility index (Phi) is 6.32. The third-order valence-electron chi connectivity index (χ3n) is 3.49. The summed E-state index contributed by atoms with van der Waals surface area (Å²) in [5.74, 6) is -0.253. The highest BCUT2D eigenvalue weighted by atomic mass is 35.5. The quantitative estimate of drug-likeness (QED) is 0.499. The highest BCUT2D eigenvalue weighted by molar-refractivity contribution is 6.30. The Hall–Kier alpha value is -3.57. The van der Waals surface area contributed by atoms with Crippen molar-refractivity contribution in [2.75, 3.05) is 0 Å². The number of nitrogens with zero attached hydrogens (tertiary/aromatic N) is 8. The lowest BCUT2D eigenvalue weighted by atomic mass is 10.2. The van der Waals surface area contributed by atoms with E-state index in [9.17, 15) is 9.18 Å². The second-order valence-corrected chi connectivity index (χ2v) is 6.08. The summed E-state index contributed by atoms with van der Waals surface area (Å²) in [6, 6.07) is 11.6. The van der Waals surface area contributed by atoms with Gasteiger partial charge in [-0.2, -0.15) is 0 Å². The topological polar surface area (TPSA) is 125 Å². The molecular formula is C17H14ClFN8O2. The Morgan fingerprint density at radius 3 is 2.55 bits per heavy atom. The third kappa shape index (κ3) is 5.03. The molecule has 2 aromatic heterocycles. The molecule has 0 bridgehead atoms. The van der Waals surface area contributed by atoms with Crippen LogP contribution in [0.15, 0.2) is 42.5 Å². The van der Waals surface area contributed by atoms with Crippen LogP contribution in [-0.4, -0.2) is 51.8 Å². The molecule has 12 heteroatoms. The first-order valence-electron chi connectivity index (χ1n) is 8.17. The molecule has 0 atom stereocenters. The summed E-state index contributed by atoms with van der Waals surface area (Å²) >= 11 is 5.80. The SMILES string of the molecule is Cc1ccc(F)c(-n2nnc(C=O)n2)c1.OCc1nnn(-c2cccc(Cl)c2)n1. The molecule has 0 fully saturated rings. The third-order valence-corrected chi connectivity index (χ3v) is 3.72. The van der Waals surface area contributed by atoms with E-state index in [4.69, 9.17) is 16.7 Å². The molecule has 0 saturated heterocycles. The molecule has 10 nitrogen and oxygen atoms in total. The van der Waals surface area contributed by atoms with E-state index in [-0.39, 0.29) is 23.9 Å². The van der Waals surface area contributed by atoms with Gasteiger partial charge >= 0.3 is 0 Å². The average molecular weight is 417 g/mol. The molecule has 2 heterocycles. The monoisotopic (exact) mass is 416 g/mol. The van der Waals surface area contributed by atoms with Crippen LogP contribution in [-0.2, 0) is 6.61 Å². The molecule has 1 N–H and O–H groups in total. The lowest BCUT2D eigenvalue weighted by Gasteiger charge is -2.00. The smallest absolute Gasteiger partial charge is 0.237 e. The van der Waals surface area contributed by atoms with Crippen molar-refractivity contribution in [3.8, 4) is 11.4 Å². The van der Waals surface area contributed by atoms with Crippen molar-refractivity contribution in [1.82, 2.24) is 40.4 Å². The van der Waals surface area contributed by atoms with E-state index in [1.807, 2.05) is 6.92 Å². The van der Waals surface area contributed by atoms with Gasteiger partial charge in [-0.05, 0) is 53.2 Å². The van der Waals surface area contributed by atoms with E-state index >= 15 is 0 Å². The van der Waals surface area contributed by atoms with E-state index in [1.54, 1.807) is 36.4 Å². The van der Waals surface area contributed by atoms with Gasteiger partial charge in [0.1, 0.15) is 12.3 Å². The van der Waals surface area contributed by atoms with Crippen LogP contribution in [0.1, 0.15) is 22.0 Å². The lowest BCUT2D eigenvalue weighted by molar-refractivity contribution is 0.111. The van der Waals surface area contributed by atoms with Gasteiger partial charge in [-0.25, -0.2) is 4.39 Å². The maximum absolute atomic E-state index is 13.4. The summed E-state index contributed by atoms with van der Waals surface area (Å²) in [5, 5.41) is 31.3. The first-order chi connectivity index (χ1) is 14.0. The van der Waals surface area contributed by atoms with Crippen LogP contribution < -0.4 is 0 Å². The highest BCUT2D eigenvalue weighted by Crippen LogP contribution is 2.13. The van der Waals surface area contributed by atoms with Crippen LogP contribution in [0.4, 0.5) is 4.39 Å². The molecule has 0 aliphatic carbocycles. The number of benzene rings is 2. The average Bonchev–Trinajstić information content (AvgIpc) is 3.40. The molecule has 0 amide bonds. The minimum atomic E-state index is -0.463. The Labute approximate surface area is 168 Å². The van der Waals surface area contributed by atoms with Crippen molar-refractivity contribution in [3.63, 3.8) is 0 Å². The molecule has 4 aromatic rings. The zero-order chi connectivity index (χ0) is 20.8. The van der Waals surface area contributed by atoms with E-state index in [0.29, 0.717) is 17.0 Å². The van der Waals surface area contributed by atoms with E-state index in [1.165, 1.54) is 10.9 Å². The van der Waals surface area contributed by atoms with Crippen LogP contribution in [0.2, 0.25) is 5.02 Å². The highest BCUT2D eigenvalue weighted by Gasteiger charge is 2.08. The Morgan fingerprint density at radius 1 is 1.10 bits per heavy atom. The van der Waals surface area contributed by atoms with Crippen molar-refractivity contribution < 1.29 is 14.3 Å². The number of aryl methyl sites for hydroxylation is 1. The summed E-state index contributed by atoms with van der Waals surface area (Å²) < 4.78 is 13.4. The summed E-state index contributed by atoms with van der Waals surface area (Å²) in [5.41, 5.74) is 1.76. The van der Waals surface area contributed by atoms with Gasteiger partial charge in [0.2, 0.25) is 11.6 Å². The van der Waals surface area contributed by atoms with Gasteiger partial charge in [0.05, 0.1) is 5.69 Å². The van der Waals surface area contributed by atoms with E-state index in [0.717, 1.165) is 10.4 Å². The van der Waals surface area contributed by atoms with Crippen LogP contribution >= 0.6 is 11.6 Å². The van der Waals surface area contributed by atoms with E-state index in [2.05, 4.69) is 30.8 Å². The second-order valence-electron chi connectivity index (χ2n) is 5.64. The van der Waals surface area contributed by atoms with Gasteiger partial charge in [0, 0.05) is 5.02 Å². The van der Waals surface area contributed by atoms with Gasteiger partial charge < -0.3 is 5.11 Å². The van der Waals surface area contributed by atoms with Crippen molar-refractivity contribution in [1.29, 1.82) is 0 Å². The molecule has 148 valence electrons. The molecule has 2 aromatic carbocycles. The number of hydrogen-bond acceptors (Lipinski definition) is 8. The number of halogens is 2. The number of aliphatic hydroxyl groups excluding tert-OH is 1. The first-order valence-corrected chi connectivity index (χ1v) is 8.55. The molecule has 0 radical (unpaired) electrons. The van der Waals surface area contributed by atoms with Crippen LogP contribution in [0, 0.1) is 12.7 Å². The number of aliphatic hydroxyl groups is 1. The lowest BCUT2D eigenvalue weighted by Crippen LogP contribution is -2.02. The standard InChI is InChI=1S/C9H7FN4O.C8H7ClN4O/c1-6-2-3-7(10)8(4-6)14-12-9(5-15)11-13-14;9-6-2-1-3-7(4-6)13-11-8(5-14)10-12-13/h2-5H,1H3;1-4,14H,5H2. The van der Waals surface area contributed by atoms with Crippen molar-refractivity contribution in [2.45, 2.75) is 13.5 Å². The number of rotatable bonds is 4. The molecule has 0 aliphatic heterocycles. The molecule has 29 heavy (non-hydrogen) atoms. The number of carbonyl (C=O) groups excluding carboxylic acids is 1. The number of tetrazole rings is 2. The van der Waals surface area contributed by atoms with E-state index < -0.39 is 5.82 Å². The van der Waals surface area contributed by atoms with Crippen molar-refractivity contribution in [2.24, 2.45) is 0 Å². The Balaban J connectivity index is 0.000000166. The fourth-order valence-corrected chi connectivity index (χ4v) is 2.35. The molecule has 0 spiro atoms. The van der Waals surface area contributed by atoms with Crippen molar-refractivity contribution >= 4 is 17.9 Å². The second kappa shape index (κ2) is 9.08. The van der Waals surface area contributed by atoms with Gasteiger partial charge in [-0.15, -0.1) is 30.0 Å². The molecular weight excluding hydrogens is 403 g/mol. The first kappa shape index (κ1) is 20.2. The number of hydrogen-bond donors (Lipinski definition) is 1. The van der Waals surface area contributed by atoms with Gasteiger partial charge in [0.15, 0.2) is 12.1 Å². The molecule has 0 unspecified atom stereocenters. The fourth-order valence-electron chi connectivity index (χ4n) is 2.17. The largest absolute Gasteiger partial charge is 0.388 e. The van der Waals surface area contributed by atoms with Gasteiger partial charge in [0.25, 0.3) is 0 Å². The fraction of sp³-hybridized carbons (Fsp3) is 0.118. The normalized spacial score (nSPS) is 10.3. The van der Waals surface area contributed by atoms with Gasteiger partial charge in [-0.1, -0.05) is 23.7 Å². The molecule has 0 aliphatic rings.